The number of likely N-dealkylation sites (N-methyl/N-ethyl adjacent to an activating group) is 1. The molecule has 0 aromatic heterocycles. The molecule has 1 aliphatic heterocycles. The summed E-state index contributed by atoms with van der Waals surface area (Å²) >= 11 is 0. The fourth-order valence-corrected chi connectivity index (χ4v) is 4.99. The summed E-state index contributed by atoms with van der Waals surface area (Å²) in [6, 6.07) is 13.3. The molecule has 0 saturated carbocycles. The second-order valence-electron chi connectivity index (χ2n) is 7.49. The van der Waals surface area contributed by atoms with E-state index in [9.17, 15) is 12.8 Å². The zero-order valence-electron chi connectivity index (χ0n) is 18.4. The summed E-state index contributed by atoms with van der Waals surface area (Å²) < 4.78 is 41.1. The quantitative estimate of drug-likeness (QED) is 0.302. The van der Waals surface area contributed by atoms with Crippen LogP contribution in [0.5, 0.6) is 0 Å². The van der Waals surface area contributed by atoms with Gasteiger partial charge in [-0.2, -0.15) is 4.31 Å². The Kier molecular flexibility index (Phi) is 10.3. The molecule has 1 aliphatic rings. The molecule has 1 fully saturated rings. The van der Waals surface area contributed by atoms with Gasteiger partial charge >= 0.3 is 0 Å². The molecular formula is C22H31FIN5O2S. The van der Waals surface area contributed by atoms with Gasteiger partial charge in [0.15, 0.2) is 5.96 Å². The normalized spacial score (nSPS) is 15.8. The smallest absolute Gasteiger partial charge is 0.243 e. The van der Waals surface area contributed by atoms with Crippen LogP contribution in [0.3, 0.4) is 0 Å². The Hall–Kier alpha value is -1.76. The van der Waals surface area contributed by atoms with E-state index in [2.05, 4.69) is 20.5 Å². The summed E-state index contributed by atoms with van der Waals surface area (Å²) in [5.74, 6) is 0.287. The number of nitrogens with zero attached hydrogens (tertiary/aromatic N) is 3. The average molecular weight is 575 g/mol. The zero-order valence-corrected chi connectivity index (χ0v) is 21.6. The van der Waals surface area contributed by atoms with Crippen molar-refractivity contribution in [2.45, 2.75) is 24.9 Å². The summed E-state index contributed by atoms with van der Waals surface area (Å²) in [5, 5.41) is 6.38. The predicted molar refractivity (Wildman–Crippen MR) is 136 cm³/mol. The molecular weight excluding hydrogens is 544 g/mol. The number of hydrogen-bond acceptors (Lipinski definition) is 4. The lowest BCUT2D eigenvalue weighted by Crippen LogP contribution is -2.47. The Bertz CT molecular complexity index is 994. The molecule has 1 heterocycles. The molecule has 10 heteroatoms. The van der Waals surface area contributed by atoms with E-state index < -0.39 is 10.0 Å². The highest BCUT2D eigenvalue weighted by atomic mass is 127. The molecule has 7 nitrogen and oxygen atoms in total. The van der Waals surface area contributed by atoms with Crippen LogP contribution in [0.2, 0.25) is 0 Å². The molecule has 0 spiro atoms. The number of nitrogens with one attached hydrogen (secondary N) is 2. The summed E-state index contributed by atoms with van der Waals surface area (Å²) in [4.78, 5) is 6.97. The fourth-order valence-electron chi connectivity index (χ4n) is 3.35. The standard InChI is InChI=1S/C22H30FN5O2S.HI/c1-3-24-22(25-16-18-8-10-20(23)11-9-18)26-17-19-6-4-5-7-21(19)31(29,30)28-14-12-27(2)13-15-28;/h4-11H,3,12-17H2,1-2H3,(H2,24,25,26);1H. The number of halogens is 2. The van der Waals surface area contributed by atoms with Crippen LogP contribution >= 0.6 is 24.0 Å². The molecule has 0 atom stereocenters. The molecule has 0 radical (unpaired) electrons. The van der Waals surface area contributed by atoms with Gasteiger partial charge in [-0.05, 0) is 43.3 Å². The van der Waals surface area contributed by atoms with Gasteiger partial charge in [0.25, 0.3) is 0 Å². The Morgan fingerprint density at radius 3 is 2.34 bits per heavy atom. The molecule has 3 rings (SSSR count). The maximum Gasteiger partial charge on any atom is 0.243 e. The minimum Gasteiger partial charge on any atom is -0.357 e. The first-order chi connectivity index (χ1) is 14.9. The largest absolute Gasteiger partial charge is 0.357 e. The summed E-state index contributed by atoms with van der Waals surface area (Å²) in [6.07, 6.45) is 0. The van der Waals surface area contributed by atoms with Crippen LogP contribution < -0.4 is 10.6 Å². The number of rotatable bonds is 7. The maximum atomic E-state index is 13.2. The van der Waals surface area contributed by atoms with Gasteiger partial charge in [-0.1, -0.05) is 30.3 Å². The second kappa shape index (κ2) is 12.5. The van der Waals surface area contributed by atoms with Crippen molar-refractivity contribution < 1.29 is 12.8 Å². The van der Waals surface area contributed by atoms with Gasteiger partial charge in [0.1, 0.15) is 5.82 Å². The third kappa shape index (κ3) is 7.12. The van der Waals surface area contributed by atoms with Crippen LogP contribution in [0.25, 0.3) is 0 Å². The highest BCUT2D eigenvalue weighted by Gasteiger charge is 2.29. The van der Waals surface area contributed by atoms with Crippen LogP contribution in [0, 0.1) is 5.82 Å². The summed E-state index contributed by atoms with van der Waals surface area (Å²) in [5.41, 5.74) is 1.57. The van der Waals surface area contributed by atoms with Crippen molar-refractivity contribution >= 4 is 40.0 Å². The average Bonchev–Trinajstić information content (AvgIpc) is 2.77. The molecule has 0 amide bonds. The van der Waals surface area contributed by atoms with Crippen molar-refractivity contribution in [3.8, 4) is 0 Å². The summed E-state index contributed by atoms with van der Waals surface area (Å²) in [7, 11) is -1.57. The molecule has 2 aromatic rings. The Labute approximate surface area is 207 Å². The number of aliphatic imine (C=N–C) groups is 1. The third-order valence-corrected chi connectivity index (χ3v) is 7.18. The van der Waals surface area contributed by atoms with Crippen LogP contribution in [0.4, 0.5) is 4.39 Å². The van der Waals surface area contributed by atoms with Crippen molar-refractivity contribution in [2.24, 2.45) is 4.99 Å². The molecule has 0 unspecified atom stereocenters. The maximum absolute atomic E-state index is 13.2. The Morgan fingerprint density at radius 2 is 1.69 bits per heavy atom. The van der Waals surface area contributed by atoms with Crippen molar-refractivity contribution in [3.05, 3.63) is 65.5 Å². The van der Waals surface area contributed by atoms with Gasteiger partial charge in [0, 0.05) is 39.3 Å². The molecule has 0 aliphatic carbocycles. The lowest BCUT2D eigenvalue weighted by molar-refractivity contribution is 0.222. The van der Waals surface area contributed by atoms with E-state index in [0.717, 1.165) is 18.7 Å². The summed E-state index contributed by atoms with van der Waals surface area (Å²) in [6.45, 7) is 5.75. The second-order valence-corrected chi connectivity index (χ2v) is 9.40. The first-order valence-corrected chi connectivity index (χ1v) is 11.9. The SMILES string of the molecule is CCNC(=NCc1ccc(F)cc1)NCc1ccccc1S(=O)(=O)N1CCN(C)CC1.I. The van der Waals surface area contributed by atoms with E-state index in [1.54, 1.807) is 28.6 Å². The number of benzene rings is 2. The molecule has 32 heavy (non-hydrogen) atoms. The third-order valence-electron chi connectivity index (χ3n) is 5.18. The van der Waals surface area contributed by atoms with Crippen LogP contribution in [0.15, 0.2) is 58.4 Å². The van der Waals surface area contributed by atoms with Crippen molar-refractivity contribution in [2.75, 3.05) is 39.8 Å². The molecule has 176 valence electrons. The van der Waals surface area contributed by atoms with E-state index in [1.807, 2.05) is 26.1 Å². The van der Waals surface area contributed by atoms with Crippen molar-refractivity contribution in [1.82, 2.24) is 19.8 Å². The zero-order chi connectivity index (χ0) is 22.3. The predicted octanol–water partition coefficient (Wildman–Crippen LogP) is 2.64. The van der Waals surface area contributed by atoms with Crippen LogP contribution in [0.1, 0.15) is 18.1 Å². The van der Waals surface area contributed by atoms with Gasteiger partial charge in [0.2, 0.25) is 10.0 Å². The Balaban J connectivity index is 0.00000363. The van der Waals surface area contributed by atoms with Gasteiger partial charge in [0.05, 0.1) is 11.4 Å². The van der Waals surface area contributed by atoms with E-state index in [1.165, 1.54) is 12.1 Å². The van der Waals surface area contributed by atoms with E-state index >= 15 is 0 Å². The van der Waals surface area contributed by atoms with Crippen molar-refractivity contribution in [3.63, 3.8) is 0 Å². The van der Waals surface area contributed by atoms with Gasteiger partial charge in [-0.15, -0.1) is 24.0 Å². The monoisotopic (exact) mass is 575 g/mol. The number of sulfonamides is 1. The minimum atomic E-state index is -3.56. The van der Waals surface area contributed by atoms with Gasteiger partial charge in [-0.3, -0.25) is 0 Å². The number of hydrogen-bond donors (Lipinski definition) is 2. The highest BCUT2D eigenvalue weighted by Crippen LogP contribution is 2.21. The lowest BCUT2D eigenvalue weighted by atomic mass is 10.2. The highest BCUT2D eigenvalue weighted by molar-refractivity contribution is 14.0. The van der Waals surface area contributed by atoms with Gasteiger partial charge in [-0.25, -0.2) is 17.8 Å². The number of piperazine rings is 1. The lowest BCUT2D eigenvalue weighted by Gasteiger charge is -2.32. The number of guanidine groups is 1. The van der Waals surface area contributed by atoms with Crippen LogP contribution in [-0.2, 0) is 23.1 Å². The van der Waals surface area contributed by atoms with Crippen molar-refractivity contribution in [1.29, 1.82) is 0 Å². The van der Waals surface area contributed by atoms with Gasteiger partial charge < -0.3 is 15.5 Å². The first-order valence-electron chi connectivity index (χ1n) is 10.4. The van der Waals surface area contributed by atoms with E-state index in [0.29, 0.717) is 49.1 Å². The Morgan fingerprint density at radius 1 is 1.03 bits per heavy atom. The fraction of sp³-hybridized carbons (Fsp3) is 0.409. The first kappa shape index (κ1) is 26.5. The molecule has 2 aromatic carbocycles. The van der Waals surface area contributed by atoms with Crippen LogP contribution in [-0.4, -0.2) is 63.4 Å². The minimum absolute atomic E-state index is 0. The molecule has 1 saturated heterocycles. The molecule has 2 N–H and O–H groups in total. The topological polar surface area (TPSA) is 77.0 Å². The van der Waals surface area contributed by atoms with E-state index in [4.69, 9.17) is 0 Å². The van der Waals surface area contributed by atoms with E-state index in [-0.39, 0.29) is 29.8 Å². The molecule has 0 bridgehead atoms.